The second-order valence-corrected chi connectivity index (χ2v) is 13.2. The van der Waals surface area contributed by atoms with Crippen molar-refractivity contribution in [3.63, 3.8) is 0 Å². The van der Waals surface area contributed by atoms with Crippen molar-refractivity contribution < 1.29 is 36.7 Å². The van der Waals surface area contributed by atoms with E-state index in [0.29, 0.717) is 25.7 Å². The van der Waals surface area contributed by atoms with E-state index in [1.165, 1.54) is 28.4 Å². The highest BCUT2D eigenvalue weighted by Gasteiger charge is 2.51. The smallest absolute Gasteiger partial charge is 0.419 e. The number of methoxy groups -OCH3 is 3. The van der Waals surface area contributed by atoms with Crippen LogP contribution < -0.4 is 0 Å². The largest absolute Gasteiger partial charge is 0.532 e. The third-order valence-corrected chi connectivity index (χ3v) is 7.61. The van der Waals surface area contributed by atoms with Gasteiger partial charge in [0.25, 0.3) is 0 Å². The molecule has 0 saturated carbocycles. The summed E-state index contributed by atoms with van der Waals surface area (Å²) in [6.45, 7) is 12.2. The minimum atomic E-state index is -3.29. The van der Waals surface area contributed by atoms with E-state index in [9.17, 15) is 0 Å². The number of ether oxygens (including phenoxy) is 4. The first kappa shape index (κ1) is 27.1. The second-order valence-electron chi connectivity index (χ2n) is 7.80. The van der Waals surface area contributed by atoms with Crippen LogP contribution in [-0.4, -0.2) is 79.2 Å². The molecule has 0 aliphatic carbocycles. The molecule has 0 aromatic carbocycles. The summed E-state index contributed by atoms with van der Waals surface area (Å²) in [6, 6.07) is 0. The number of hydrogen-bond donors (Lipinski definition) is 0. The Morgan fingerprint density at radius 2 is 1.48 bits per heavy atom. The molecule has 0 saturated heterocycles. The molecule has 1 atom stereocenters. The van der Waals surface area contributed by atoms with Gasteiger partial charge >= 0.3 is 15.0 Å². The van der Waals surface area contributed by atoms with Crippen molar-refractivity contribution in [1.29, 1.82) is 0 Å². The van der Waals surface area contributed by atoms with E-state index in [2.05, 4.69) is 34.6 Å². The van der Waals surface area contributed by atoms with Crippen molar-refractivity contribution in [2.24, 2.45) is 5.92 Å². The number of rotatable bonds is 16. The molecule has 164 valence electrons. The summed E-state index contributed by atoms with van der Waals surface area (Å²) in [5.74, 6) is 0.600. The van der Waals surface area contributed by atoms with Crippen molar-refractivity contribution in [3.8, 4) is 0 Å². The first-order valence-electron chi connectivity index (χ1n) is 9.28. The van der Waals surface area contributed by atoms with Crippen molar-refractivity contribution in [1.82, 2.24) is 0 Å². The van der Waals surface area contributed by atoms with Gasteiger partial charge in [0.1, 0.15) is 6.23 Å². The lowest BCUT2D eigenvalue weighted by atomic mass is 10.1. The molecule has 0 bridgehead atoms. The van der Waals surface area contributed by atoms with Crippen LogP contribution in [0, 0.1) is 5.92 Å². The summed E-state index contributed by atoms with van der Waals surface area (Å²) in [4.78, 5) is 0. The minimum absolute atomic E-state index is 0.134. The fraction of sp³-hybridized carbons (Fsp3) is 1.00. The summed E-state index contributed by atoms with van der Waals surface area (Å²) in [6.07, 6.45) is -0.520. The van der Waals surface area contributed by atoms with E-state index in [1.807, 2.05) is 0 Å². The maximum Gasteiger partial charge on any atom is 0.532 e. The van der Waals surface area contributed by atoms with Crippen LogP contribution in [0.2, 0.25) is 5.04 Å². The fourth-order valence-electron chi connectivity index (χ4n) is 1.98. The summed E-state index contributed by atoms with van der Waals surface area (Å²) in [5.41, 5.74) is 0. The highest BCUT2D eigenvalue weighted by atomic mass is 28.4. The van der Waals surface area contributed by atoms with Crippen LogP contribution in [0.5, 0.6) is 0 Å². The average molecular weight is 429 g/mol. The van der Waals surface area contributed by atoms with E-state index < -0.39 is 24.7 Å². The molecule has 0 heterocycles. The van der Waals surface area contributed by atoms with E-state index in [0.717, 1.165) is 6.42 Å². The quantitative estimate of drug-likeness (QED) is 0.210. The highest BCUT2D eigenvalue weighted by molar-refractivity contribution is 6.61. The topological polar surface area (TPSA) is 73.8 Å². The molecule has 8 nitrogen and oxygen atoms in total. The Morgan fingerprint density at radius 1 is 0.889 bits per heavy atom. The fourth-order valence-corrected chi connectivity index (χ4v) is 5.55. The molecule has 0 aliphatic rings. The van der Waals surface area contributed by atoms with Crippen LogP contribution >= 0.6 is 0 Å². The van der Waals surface area contributed by atoms with Crippen molar-refractivity contribution in [2.75, 3.05) is 54.5 Å². The van der Waals surface area contributed by atoms with Crippen LogP contribution in [0.3, 0.4) is 0 Å². The van der Waals surface area contributed by atoms with Crippen LogP contribution in [0.15, 0.2) is 0 Å². The van der Waals surface area contributed by atoms with E-state index in [4.69, 9.17) is 36.7 Å². The molecule has 1 unspecified atom stereocenters. The first-order chi connectivity index (χ1) is 12.6. The Kier molecular flexibility index (Phi) is 13.4. The van der Waals surface area contributed by atoms with Crippen molar-refractivity contribution in [2.45, 2.75) is 52.2 Å². The van der Waals surface area contributed by atoms with Gasteiger partial charge in [0, 0.05) is 35.0 Å². The normalized spacial score (nSPS) is 15.8. The van der Waals surface area contributed by atoms with Gasteiger partial charge in [-0.3, -0.25) is 4.43 Å². The van der Waals surface area contributed by atoms with Gasteiger partial charge in [0.15, 0.2) is 9.76 Å². The Balaban J connectivity index is 4.93. The Labute approximate surface area is 168 Å². The summed E-state index contributed by atoms with van der Waals surface area (Å²) in [7, 11) is 1.67. The first-order valence-corrected chi connectivity index (χ1v) is 12.5. The molecule has 0 amide bonds. The van der Waals surface area contributed by atoms with Crippen LogP contribution in [-0.2, 0) is 36.7 Å². The van der Waals surface area contributed by atoms with Gasteiger partial charge in [0.05, 0.1) is 13.2 Å². The predicted octanol–water partition coefficient (Wildman–Crippen LogP) is 2.08. The third-order valence-electron chi connectivity index (χ3n) is 3.54. The molecule has 0 radical (unpaired) electrons. The molecule has 0 N–H and O–H groups in total. The van der Waals surface area contributed by atoms with Crippen LogP contribution in [0.1, 0.15) is 41.0 Å². The van der Waals surface area contributed by atoms with E-state index in [-0.39, 0.29) is 11.3 Å². The van der Waals surface area contributed by atoms with E-state index >= 15 is 0 Å². The lowest BCUT2D eigenvalue weighted by Gasteiger charge is -2.36. The zero-order valence-corrected chi connectivity index (χ0v) is 21.0. The van der Waals surface area contributed by atoms with Crippen LogP contribution in [0.4, 0.5) is 0 Å². The predicted molar refractivity (Wildman–Crippen MR) is 108 cm³/mol. The monoisotopic (exact) mass is 428 g/mol. The van der Waals surface area contributed by atoms with Gasteiger partial charge in [-0.05, 0) is 17.4 Å². The van der Waals surface area contributed by atoms with Gasteiger partial charge in [0.2, 0.25) is 0 Å². The molecule has 0 aliphatic heterocycles. The minimum Gasteiger partial charge on any atom is -0.419 e. The maximum absolute atomic E-state index is 5.99. The molecule has 0 spiro atoms. The van der Waals surface area contributed by atoms with Gasteiger partial charge in [-0.1, -0.05) is 34.6 Å². The lowest BCUT2D eigenvalue weighted by molar-refractivity contribution is -0.460. The molecule has 0 aromatic rings. The molecule has 0 fully saturated rings. The van der Waals surface area contributed by atoms with Gasteiger partial charge in [-0.2, -0.15) is 0 Å². The lowest BCUT2D eigenvalue weighted by Crippen LogP contribution is -2.58. The zero-order valence-electron chi connectivity index (χ0n) is 18.6. The Bertz CT molecular complexity index is 366. The van der Waals surface area contributed by atoms with Gasteiger partial charge in [-0.15, -0.1) is 0 Å². The van der Waals surface area contributed by atoms with Crippen molar-refractivity contribution >= 4 is 18.6 Å². The summed E-state index contributed by atoms with van der Waals surface area (Å²) >= 11 is 0. The Hall–Kier alpha value is 0.114. The molecule has 10 heteroatoms. The summed E-state index contributed by atoms with van der Waals surface area (Å²) < 4.78 is 44.9. The van der Waals surface area contributed by atoms with E-state index in [1.54, 1.807) is 0 Å². The highest BCUT2D eigenvalue weighted by Crippen LogP contribution is 2.25. The average Bonchev–Trinajstić information content (AvgIpc) is 2.61. The number of hydrogen-bond acceptors (Lipinski definition) is 8. The SMILES string of the molecule is COC(OC)(OC)O[Si](CO[SiH2]C(C)(C)C)(OC)OCCOCCC(C)C. The molecule has 0 aromatic heterocycles. The molecular weight excluding hydrogens is 388 g/mol. The maximum atomic E-state index is 5.99. The standard InChI is InChI=1S/C17H40O8Si2/c1-15(2)10-11-22-12-13-24-27(21-9,14-23-26-16(3,4)5)25-17(18-6,19-7)20-8/h15H,10-14,26H2,1-9H3. The van der Waals surface area contributed by atoms with Crippen molar-refractivity contribution in [3.05, 3.63) is 0 Å². The molecule has 0 rings (SSSR count). The van der Waals surface area contributed by atoms with Gasteiger partial charge in [-0.25, -0.2) is 0 Å². The zero-order chi connectivity index (χ0) is 21.0. The second kappa shape index (κ2) is 13.4. The molecule has 27 heavy (non-hydrogen) atoms. The molecular formula is C17H40O8Si2. The van der Waals surface area contributed by atoms with Gasteiger partial charge < -0.3 is 32.2 Å². The summed E-state index contributed by atoms with van der Waals surface area (Å²) in [5, 5.41) is 0.134. The Morgan fingerprint density at radius 3 is 1.93 bits per heavy atom. The van der Waals surface area contributed by atoms with Crippen LogP contribution in [0.25, 0.3) is 0 Å². The third kappa shape index (κ3) is 11.6.